The van der Waals surface area contributed by atoms with Gasteiger partial charge in [-0.15, -0.1) is 0 Å². The first-order valence-electron chi connectivity index (χ1n) is 23.6. The molecule has 3 N–H and O–H groups in total. The monoisotopic (exact) mass is 1080 g/mol. The zero-order chi connectivity index (χ0) is 55.9. The molecule has 2 heterocycles. The Bertz CT molecular complexity index is 2390. The predicted octanol–water partition coefficient (Wildman–Crippen LogP) is 1.64. The van der Waals surface area contributed by atoms with E-state index in [0.29, 0.717) is 19.8 Å². The van der Waals surface area contributed by atoms with Gasteiger partial charge in [0.2, 0.25) is 0 Å². The molecule has 0 aromatic carbocycles. The number of ketones is 3. The summed E-state index contributed by atoms with van der Waals surface area (Å²) in [4.78, 5) is 128. The molecular formula is C47H56F6N2O20. The molecule has 2 saturated heterocycles. The van der Waals surface area contributed by atoms with Crippen LogP contribution in [0.4, 0.5) is 26.3 Å². The molecule has 416 valence electrons. The molecule has 5 fully saturated rings. The SMILES string of the molecule is CC(=O)OCC1O[C@@H](O[C@@H]2C(COC(C)=O)O[C@@H](OCC(=O)[C@@]3(O)CCC4C5CCC6=CC(=O)C=C[C@]6(C)C5C(=O)C[C@@]43C)C(NC(=O)C(F)(F)F)[C@H]2OC(C)=O)C(NC(=O)C(F)(F)F)[C@@H](OC(C)=O)[C@@H]1OC(C)=O. The maximum absolute atomic E-state index is 14.5. The van der Waals surface area contributed by atoms with Crippen LogP contribution in [-0.2, 0) is 90.6 Å². The van der Waals surface area contributed by atoms with Crippen molar-refractivity contribution in [1.82, 2.24) is 10.6 Å². The maximum Gasteiger partial charge on any atom is 0.471 e. The van der Waals surface area contributed by atoms with Gasteiger partial charge in [0.25, 0.3) is 0 Å². The number of carbonyl (C=O) groups is 10. The standard InChI is InChI=1S/C47H56F6N2O20/c1-19(56)67-16-29-35(70-21(3)58)38(72-23(5)60)34(55-42(65)47(51,52)53)40(74-29)75-36-30(17-68-20(2)57)73-39(33(37(36)71-22(4)59)54-41(64)46(48,49)50)69-18-31(63)45(66)13-11-27-26-9-8-24-14-25(61)10-12-43(24,6)32(26)28(62)15-44(27,45)7/h10,12,14,26-27,29-30,32-40,66H,8-9,11,13,15-18H2,1-7H3,(H,54,64)(H,55,65)/t26?,27?,29?,30?,32?,33?,34?,35-,36-,37-,38-,39-,40+,43+,44+,45+/m1/s1. The Morgan fingerprint density at radius 3 is 1.72 bits per heavy atom. The summed E-state index contributed by atoms with van der Waals surface area (Å²) in [6, 6.07) is -4.95. The Hall–Kier alpha value is -5.84. The second-order valence-corrected chi connectivity index (χ2v) is 19.7. The van der Waals surface area contributed by atoms with E-state index in [0.717, 1.165) is 33.3 Å². The molecule has 16 atom stereocenters. The minimum atomic E-state index is -5.73. The average Bonchev–Trinajstić information content (AvgIpc) is 3.56. The number of alkyl halides is 6. The van der Waals surface area contributed by atoms with Gasteiger partial charge >= 0.3 is 54.0 Å². The van der Waals surface area contributed by atoms with Crippen LogP contribution in [0.2, 0.25) is 0 Å². The van der Waals surface area contributed by atoms with Gasteiger partial charge in [-0.25, -0.2) is 0 Å². The van der Waals surface area contributed by atoms with Crippen molar-refractivity contribution < 1.29 is 122 Å². The summed E-state index contributed by atoms with van der Waals surface area (Å²) in [6.45, 7) is 4.18. The lowest BCUT2D eigenvalue weighted by Gasteiger charge is -2.56. The lowest BCUT2D eigenvalue weighted by atomic mass is 9.46. The normalized spacial score (nSPS) is 36.3. The van der Waals surface area contributed by atoms with E-state index in [2.05, 4.69) is 0 Å². The van der Waals surface area contributed by atoms with Crippen molar-refractivity contribution >= 4 is 59.0 Å². The van der Waals surface area contributed by atoms with Gasteiger partial charge in [-0.2, -0.15) is 26.3 Å². The summed E-state index contributed by atoms with van der Waals surface area (Å²) in [5, 5.41) is 15.4. The van der Waals surface area contributed by atoms with Crippen molar-refractivity contribution in [3.8, 4) is 0 Å². The van der Waals surface area contributed by atoms with E-state index in [4.69, 9.17) is 42.6 Å². The fourth-order valence-electron chi connectivity index (χ4n) is 11.6. The van der Waals surface area contributed by atoms with E-state index in [-0.39, 0.29) is 36.7 Å². The van der Waals surface area contributed by atoms with Crippen molar-refractivity contribution in [2.75, 3.05) is 19.8 Å². The number of esters is 5. The van der Waals surface area contributed by atoms with Crippen LogP contribution in [0, 0.1) is 28.6 Å². The highest BCUT2D eigenvalue weighted by atomic mass is 19.4. The van der Waals surface area contributed by atoms with Crippen LogP contribution in [0.5, 0.6) is 0 Å². The summed E-state index contributed by atoms with van der Waals surface area (Å²) >= 11 is 0. The topological polar surface area (TPSA) is 298 Å². The molecule has 6 rings (SSSR count). The largest absolute Gasteiger partial charge is 0.471 e. The second-order valence-electron chi connectivity index (χ2n) is 19.7. The van der Waals surface area contributed by atoms with Crippen LogP contribution in [0.1, 0.15) is 80.6 Å². The fourth-order valence-corrected chi connectivity index (χ4v) is 11.6. The van der Waals surface area contributed by atoms with Gasteiger partial charge < -0.3 is 58.4 Å². The van der Waals surface area contributed by atoms with E-state index in [1.54, 1.807) is 13.0 Å². The Balaban J connectivity index is 1.38. The van der Waals surface area contributed by atoms with E-state index < -0.39 is 169 Å². The number of halogens is 6. The number of hydrogen-bond donors (Lipinski definition) is 3. The second kappa shape index (κ2) is 22.0. The number of carbonyl (C=O) groups excluding carboxylic acids is 10. The van der Waals surface area contributed by atoms with Crippen LogP contribution in [0.15, 0.2) is 23.8 Å². The molecule has 0 bridgehead atoms. The van der Waals surface area contributed by atoms with E-state index >= 15 is 0 Å². The summed E-state index contributed by atoms with van der Waals surface area (Å²) in [7, 11) is 0. The minimum Gasteiger partial charge on any atom is -0.463 e. The lowest BCUT2D eigenvalue weighted by Crippen LogP contribution is -2.71. The van der Waals surface area contributed by atoms with Gasteiger partial charge in [-0.1, -0.05) is 25.5 Å². The first-order valence-corrected chi connectivity index (χ1v) is 23.6. The summed E-state index contributed by atoms with van der Waals surface area (Å²) < 4.78 is 134. The molecule has 0 radical (unpaired) electrons. The number of nitrogens with one attached hydrogen (secondary N) is 2. The van der Waals surface area contributed by atoms with E-state index in [9.17, 15) is 79.4 Å². The first-order chi connectivity index (χ1) is 34.7. The van der Waals surface area contributed by atoms with Gasteiger partial charge in [-0.3, -0.25) is 47.9 Å². The van der Waals surface area contributed by atoms with Gasteiger partial charge in [0, 0.05) is 57.8 Å². The molecule has 3 saturated carbocycles. The fraction of sp³-hybridized carbons (Fsp3) is 0.702. The molecule has 2 aliphatic heterocycles. The molecular weight excluding hydrogens is 1030 g/mol. The minimum absolute atomic E-state index is 0.222. The Morgan fingerprint density at radius 1 is 0.707 bits per heavy atom. The summed E-state index contributed by atoms with van der Waals surface area (Å²) in [5.41, 5.74) is -3.83. The number of Topliss-reactive ketones (excluding diaryl/α,β-unsaturated/α-hetero) is 2. The summed E-state index contributed by atoms with van der Waals surface area (Å²) in [6.07, 6.45) is -24.2. The molecule has 0 aromatic rings. The van der Waals surface area contributed by atoms with Gasteiger partial charge in [-0.05, 0) is 49.7 Å². The van der Waals surface area contributed by atoms with Crippen molar-refractivity contribution in [3.05, 3.63) is 23.8 Å². The molecule has 75 heavy (non-hydrogen) atoms. The molecule has 4 aliphatic carbocycles. The molecule has 6 aliphatic rings. The highest BCUT2D eigenvalue weighted by Gasteiger charge is 2.69. The van der Waals surface area contributed by atoms with Crippen molar-refractivity contribution in [3.63, 3.8) is 0 Å². The Labute approximate surface area is 423 Å². The van der Waals surface area contributed by atoms with E-state index in [1.165, 1.54) is 22.8 Å². The zero-order valence-electron chi connectivity index (χ0n) is 41.4. The number of allylic oxidation sites excluding steroid dienone is 4. The number of ether oxygens (including phenoxy) is 9. The first kappa shape index (κ1) is 58.4. The van der Waals surface area contributed by atoms with Gasteiger partial charge in [0.05, 0.1) is 0 Å². The highest BCUT2D eigenvalue weighted by molar-refractivity contribution is 6.02. The number of aliphatic hydroxyl groups is 1. The van der Waals surface area contributed by atoms with Crippen LogP contribution >= 0.6 is 0 Å². The highest BCUT2D eigenvalue weighted by Crippen LogP contribution is 2.66. The molecule has 0 aromatic heterocycles. The smallest absolute Gasteiger partial charge is 0.463 e. The molecule has 0 spiro atoms. The third-order valence-electron chi connectivity index (χ3n) is 14.8. The van der Waals surface area contributed by atoms with E-state index in [1.807, 2.05) is 6.92 Å². The number of fused-ring (bicyclic) bond motifs is 5. The van der Waals surface area contributed by atoms with Crippen LogP contribution in [-0.4, -0.2) is 163 Å². The predicted molar refractivity (Wildman–Crippen MR) is 231 cm³/mol. The third kappa shape index (κ3) is 12.2. The Morgan fingerprint density at radius 2 is 1.20 bits per heavy atom. The van der Waals surface area contributed by atoms with Crippen LogP contribution in [0.3, 0.4) is 0 Å². The zero-order valence-corrected chi connectivity index (χ0v) is 41.4. The average molecular weight is 1080 g/mol. The van der Waals surface area contributed by atoms with Gasteiger partial charge in [0.1, 0.15) is 61.6 Å². The van der Waals surface area contributed by atoms with Crippen molar-refractivity contribution in [2.24, 2.45) is 28.6 Å². The molecule has 28 heteroatoms. The van der Waals surface area contributed by atoms with Gasteiger partial charge in [0.15, 0.2) is 42.5 Å². The van der Waals surface area contributed by atoms with Crippen LogP contribution < -0.4 is 10.6 Å². The third-order valence-corrected chi connectivity index (χ3v) is 14.8. The molecule has 2 amide bonds. The number of hydrogen-bond acceptors (Lipinski definition) is 20. The van der Waals surface area contributed by atoms with Crippen LogP contribution in [0.25, 0.3) is 0 Å². The van der Waals surface area contributed by atoms with Crippen molar-refractivity contribution in [1.29, 1.82) is 0 Å². The number of amides is 2. The lowest BCUT2D eigenvalue weighted by molar-refractivity contribution is -0.334. The maximum atomic E-state index is 14.5. The summed E-state index contributed by atoms with van der Waals surface area (Å²) in [5.74, 6) is -14.5. The quantitative estimate of drug-likeness (QED) is 0.119. The Kier molecular flexibility index (Phi) is 17.2. The van der Waals surface area contributed by atoms with Crippen molar-refractivity contribution in [2.45, 2.75) is 160 Å². The molecule has 22 nitrogen and oxygen atoms in total. The number of rotatable bonds is 15. The molecule has 7 unspecified atom stereocenters.